The Hall–Kier alpha value is -1.20. The first-order valence-electron chi connectivity index (χ1n) is 6.43. The van der Waals surface area contributed by atoms with Crippen molar-refractivity contribution in [1.29, 1.82) is 0 Å². The zero-order valence-corrected chi connectivity index (χ0v) is 12.6. The van der Waals surface area contributed by atoms with Gasteiger partial charge in [-0.05, 0) is 27.7 Å². The van der Waals surface area contributed by atoms with Crippen LogP contribution in [0.5, 0.6) is 0 Å². The number of nitrogens with one attached hydrogen (secondary N) is 1. The van der Waals surface area contributed by atoms with E-state index in [2.05, 4.69) is 47.9 Å². The fraction of sp³-hybridized carbons (Fsp3) is 0.615. The molecular formula is C13H21ClN4O. The van der Waals surface area contributed by atoms with Gasteiger partial charge < -0.3 is 5.32 Å². The van der Waals surface area contributed by atoms with E-state index in [4.69, 9.17) is 11.6 Å². The summed E-state index contributed by atoms with van der Waals surface area (Å²) in [5, 5.41) is 3.11. The second kappa shape index (κ2) is 7.40. The summed E-state index contributed by atoms with van der Waals surface area (Å²) in [6.07, 6.45) is 2.74. The van der Waals surface area contributed by atoms with Crippen molar-refractivity contribution >= 4 is 17.5 Å². The van der Waals surface area contributed by atoms with Crippen LogP contribution in [0, 0.1) is 0 Å². The maximum Gasteiger partial charge on any atom is 0.271 e. The summed E-state index contributed by atoms with van der Waals surface area (Å²) in [5.41, 5.74) is 0.282. The second-order valence-corrected chi connectivity index (χ2v) is 5.29. The molecule has 19 heavy (non-hydrogen) atoms. The second-order valence-electron chi connectivity index (χ2n) is 4.91. The van der Waals surface area contributed by atoms with Gasteiger partial charge in [0.1, 0.15) is 10.8 Å². The van der Waals surface area contributed by atoms with Gasteiger partial charge in [-0.15, -0.1) is 0 Å². The molecule has 106 valence electrons. The monoisotopic (exact) mass is 284 g/mol. The van der Waals surface area contributed by atoms with Gasteiger partial charge in [0, 0.05) is 25.2 Å². The number of carbonyl (C=O) groups is 1. The van der Waals surface area contributed by atoms with Gasteiger partial charge in [0.25, 0.3) is 5.91 Å². The minimum absolute atomic E-state index is 0.225. The zero-order valence-electron chi connectivity index (χ0n) is 11.9. The van der Waals surface area contributed by atoms with Crippen molar-refractivity contribution in [3.05, 3.63) is 23.2 Å². The molecular weight excluding hydrogens is 264 g/mol. The standard InChI is InChI=1S/C13H21ClN4O/c1-9(2)18(10(3)4)6-5-15-13(19)11-7-17-12(14)8-16-11/h7-10H,5-6H2,1-4H3,(H,15,19). The Morgan fingerprint density at radius 1 is 1.26 bits per heavy atom. The predicted octanol–water partition coefficient (Wildman–Crippen LogP) is 1.98. The van der Waals surface area contributed by atoms with Crippen LogP contribution in [-0.2, 0) is 0 Å². The lowest BCUT2D eigenvalue weighted by Gasteiger charge is -2.30. The maximum atomic E-state index is 11.8. The maximum absolute atomic E-state index is 11.8. The number of hydrogen-bond donors (Lipinski definition) is 1. The highest BCUT2D eigenvalue weighted by Crippen LogP contribution is 2.04. The topological polar surface area (TPSA) is 58.1 Å². The molecule has 0 radical (unpaired) electrons. The van der Waals surface area contributed by atoms with E-state index in [-0.39, 0.29) is 16.8 Å². The van der Waals surface area contributed by atoms with Crippen LogP contribution in [0.4, 0.5) is 0 Å². The van der Waals surface area contributed by atoms with Gasteiger partial charge in [0.15, 0.2) is 0 Å². The van der Waals surface area contributed by atoms with E-state index in [1.165, 1.54) is 12.4 Å². The fourth-order valence-electron chi connectivity index (χ4n) is 1.93. The molecule has 1 amide bonds. The first kappa shape index (κ1) is 15.9. The lowest BCUT2D eigenvalue weighted by Crippen LogP contribution is -2.42. The van der Waals surface area contributed by atoms with Crippen molar-refractivity contribution in [2.45, 2.75) is 39.8 Å². The molecule has 0 aliphatic carbocycles. The van der Waals surface area contributed by atoms with Crippen LogP contribution in [0.2, 0.25) is 5.15 Å². The highest BCUT2D eigenvalue weighted by atomic mass is 35.5. The third kappa shape index (κ3) is 5.12. The molecule has 1 N–H and O–H groups in total. The van der Waals surface area contributed by atoms with Gasteiger partial charge in [0.2, 0.25) is 0 Å². The first-order valence-corrected chi connectivity index (χ1v) is 6.81. The Morgan fingerprint density at radius 2 is 1.89 bits per heavy atom. The fourth-order valence-corrected chi connectivity index (χ4v) is 2.03. The number of aromatic nitrogens is 2. The van der Waals surface area contributed by atoms with Crippen LogP contribution in [0.3, 0.4) is 0 Å². The molecule has 0 fully saturated rings. The summed E-state index contributed by atoms with van der Waals surface area (Å²) in [7, 11) is 0. The SMILES string of the molecule is CC(C)N(CCNC(=O)c1cnc(Cl)cn1)C(C)C. The third-order valence-corrected chi connectivity index (χ3v) is 3.03. The van der Waals surface area contributed by atoms with Crippen molar-refractivity contribution in [2.75, 3.05) is 13.1 Å². The summed E-state index contributed by atoms with van der Waals surface area (Å²) < 4.78 is 0. The predicted molar refractivity (Wildman–Crippen MR) is 76.4 cm³/mol. The van der Waals surface area contributed by atoms with E-state index in [0.29, 0.717) is 18.6 Å². The molecule has 0 saturated carbocycles. The molecule has 0 bridgehead atoms. The Morgan fingerprint density at radius 3 is 2.37 bits per heavy atom. The Kier molecular flexibility index (Phi) is 6.18. The molecule has 0 aliphatic rings. The Bertz CT molecular complexity index is 398. The molecule has 5 nitrogen and oxygen atoms in total. The van der Waals surface area contributed by atoms with Crippen molar-refractivity contribution in [3.63, 3.8) is 0 Å². The third-order valence-electron chi connectivity index (χ3n) is 2.84. The highest BCUT2D eigenvalue weighted by Gasteiger charge is 2.13. The number of nitrogens with zero attached hydrogens (tertiary/aromatic N) is 3. The van der Waals surface area contributed by atoms with Crippen molar-refractivity contribution < 1.29 is 4.79 Å². The van der Waals surface area contributed by atoms with Gasteiger partial charge in [-0.1, -0.05) is 11.6 Å². The molecule has 1 heterocycles. The minimum Gasteiger partial charge on any atom is -0.349 e. The molecule has 0 atom stereocenters. The summed E-state index contributed by atoms with van der Waals surface area (Å²) >= 11 is 5.62. The van der Waals surface area contributed by atoms with Crippen LogP contribution in [0.25, 0.3) is 0 Å². The van der Waals surface area contributed by atoms with E-state index >= 15 is 0 Å². The Balaban J connectivity index is 2.44. The summed E-state index contributed by atoms with van der Waals surface area (Å²) in [6, 6.07) is 0.902. The van der Waals surface area contributed by atoms with Crippen molar-refractivity contribution in [1.82, 2.24) is 20.2 Å². The van der Waals surface area contributed by atoms with Gasteiger partial charge in [-0.3, -0.25) is 9.69 Å². The van der Waals surface area contributed by atoms with Crippen LogP contribution >= 0.6 is 11.6 Å². The average Bonchev–Trinajstić information content (AvgIpc) is 2.34. The number of halogens is 1. The van der Waals surface area contributed by atoms with E-state index < -0.39 is 0 Å². The summed E-state index contributed by atoms with van der Waals surface area (Å²) in [6.45, 7) is 9.97. The van der Waals surface area contributed by atoms with Gasteiger partial charge in [-0.25, -0.2) is 9.97 Å². The molecule has 6 heteroatoms. The molecule has 0 spiro atoms. The van der Waals surface area contributed by atoms with E-state index in [1.54, 1.807) is 0 Å². The van der Waals surface area contributed by atoms with Crippen LogP contribution < -0.4 is 5.32 Å². The molecule has 0 unspecified atom stereocenters. The molecule has 0 aliphatic heterocycles. The van der Waals surface area contributed by atoms with Crippen LogP contribution in [0.15, 0.2) is 12.4 Å². The van der Waals surface area contributed by atoms with Crippen molar-refractivity contribution in [2.24, 2.45) is 0 Å². The average molecular weight is 285 g/mol. The largest absolute Gasteiger partial charge is 0.349 e. The minimum atomic E-state index is -0.225. The number of hydrogen-bond acceptors (Lipinski definition) is 4. The zero-order chi connectivity index (χ0) is 14.4. The number of rotatable bonds is 6. The Labute approximate surface area is 119 Å². The summed E-state index contributed by atoms with van der Waals surface area (Å²) in [4.78, 5) is 21.9. The molecule has 0 saturated heterocycles. The van der Waals surface area contributed by atoms with Gasteiger partial charge in [-0.2, -0.15) is 0 Å². The van der Waals surface area contributed by atoms with Gasteiger partial charge in [0.05, 0.1) is 12.4 Å². The highest BCUT2D eigenvalue weighted by molar-refractivity contribution is 6.29. The van der Waals surface area contributed by atoms with Crippen LogP contribution in [-0.4, -0.2) is 45.9 Å². The van der Waals surface area contributed by atoms with E-state index in [1.807, 2.05) is 0 Å². The van der Waals surface area contributed by atoms with Gasteiger partial charge >= 0.3 is 0 Å². The normalized spacial score (nSPS) is 11.4. The first-order chi connectivity index (χ1) is 8.91. The number of carbonyl (C=O) groups excluding carboxylic acids is 1. The molecule has 1 aromatic heterocycles. The van der Waals surface area contributed by atoms with Crippen molar-refractivity contribution in [3.8, 4) is 0 Å². The summed E-state index contributed by atoms with van der Waals surface area (Å²) in [5.74, 6) is -0.225. The molecule has 1 rings (SSSR count). The molecule has 1 aromatic rings. The molecule has 0 aromatic carbocycles. The number of amides is 1. The van der Waals surface area contributed by atoms with Crippen LogP contribution in [0.1, 0.15) is 38.2 Å². The quantitative estimate of drug-likeness (QED) is 0.868. The van der Waals surface area contributed by atoms with E-state index in [0.717, 1.165) is 6.54 Å². The smallest absolute Gasteiger partial charge is 0.271 e. The van der Waals surface area contributed by atoms with E-state index in [9.17, 15) is 4.79 Å². The lowest BCUT2D eigenvalue weighted by atomic mass is 10.2. The lowest BCUT2D eigenvalue weighted by molar-refractivity contribution is 0.0934.